The lowest BCUT2D eigenvalue weighted by molar-refractivity contribution is -0.137. The van der Waals surface area contributed by atoms with Crippen molar-refractivity contribution in [3.05, 3.63) is 77.1 Å². The molecule has 1 heterocycles. The van der Waals surface area contributed by atoms with E-state index in [1.54, 1.807) is 30.3 Å². The van der Waals surface area contributed by atoms with Crippen molar-refractivity contribution >= 4 is 34.9 Å². The zero-order valence-electron chi connectivity index (χ0n) is 20.1. The summed E-state index contributed by atoms with van der Waals surface area (Å²) in [6.45, 7) is 0.717. The summed E-state index contributed by atoms with van der Waals surface area (Å²) in [6.07, 6.45) is 1.58. The SMILES string of the molecule is O=C(Nc1ccc(Oc2ccnc(C(=O)NNCC3CCCC3)c2)cc1)Nc1ccc(Cl)c(C(F)(F)F)c1. The van der Waals surface area contributed by atoms with Crippen molar-refractivity contribution in [3.8, 4) is 11.5 Å². The van der Waals surface area contributed by atoms with Gasteiger partial charge in [-0.15, -0.1) is 0 Å². The Morgan fingerprint density at radius 1 is 0.947 bits per heavy atom. The van der Waals surface area contributed by atoms with Gasteiger partial charge in [0.2, 0.25) is 0 Å². The maximum absolute atomic E-state index is 13.0. The minimum atomic E-state index is -4.65. The molecule has 3 aromatic rings. The van der Waals surface area contributed by atoms with E-state index in [9.17, 15) is 22.8 Å². The van der Waals surface area contributed by atoms with E-state index in [2.05, 4.69) is 26.5 Å². The first-order valence-electron chi connectivity index (χ1n) is 11.9. The highest BCUT2D eigenvalue weighted by Crippen LogP contribution is 2.36. The molecule has 0 bridgehead atoms. The van der Waals surface area contributed by atoms with Crippen LogP contribution in [0.25, 0.3) is 0 Å². The number of hydrazine groups is 1. The highest BCUT2D eigenvalue weighted by atomic mass is 35.5. The van der Waals surface area contributed by atoms with Gasteiger partial charge in [-0.1, -0.05) is 24.4 Å². The summed E-state index contributed by atoms with van der Waals surface area (Å²) in [7, 11) is 0. The maximum Gasteiger partial charge on any atom is 0.417 e. The predicted molar refractivity (Wildman–Crippen MR) is 137 cm³/mol. The Morgan fingerprint density at radius 3 is 2.34 bits per heavy atom. The lowest BCUT2D eigenvalue weighted by Gasteiger charge is -2.13. The molecule has 8 nitrogen and oxygen atoms in total. The van der Waals surface area contributed by atoms with Gasteiger partial charge in [-0.05, 0) is 67.3 Å². The average molecular weight is 548 g/mol. The van der Waals surface area contributed by atoms with Crippen LogP contribution in [0, 0.1) is 5.92 Å². The Balaban J connectivity index is 1.29. The first kappa shape index (κ1) is 27.2. The molecule has 12 heteroatoms. The monoisotopic (exact) mass is 547 g/mol. The summed E-state index contributed by atoms with van der Waals surface area (Å²) in [4.78, 5) is 28.7. The van der Waals surface area contributed by atoms with Crippen molar-refractivity contribution < 1.29 is 27.5 Å². The number of carbonyl (C=O) groups excluding carboxylic acids is 2. The van der Waals surface area contributed by atoms with Gasteiger partial charge in [-0.3, -0.25) is 15.2 Å². The highest BCUT2D eigenvalue weighted by molar-refractivity contribution is 6.31. The fourth-order valence-electron chi connectivity index (χ4n) is 4.01. The molecule has 2 aromatic carbocycles. The molecule has 0 radical (unpaired) electrons. The van der Waals surface area contributed by atoms with Crippen molar-refractivity contribution in [3.63, 3.8) is 0 Å². The fourth-order valence-corrected chi connectivity index (χ4v) is 4.23. The molecule has 0 atom stereocenters. The fraction of sp³-hybridized carbons (Fsp3) is 0.269. The first-order chi connectivity index (χ1) is 18.2. The van der Waals surface area contributed by atoms with Gasteiger partial charge < -0.3 is 15.4 Å². The van der Waals surface area contributed by atoms with Crippen LogP contribution in [0.1, 0.15) is 41.7 Å². The average Bonchev–Trinajstić information content (AvgIpc) is 3.39. The molecule has 1 aromatic heterocycles. The van der Waals surface area contributed by atoms with Gasteiger partial charge in [0.25, 0.3) is 5.91 Å². The molecule has 0 aliphatic heterocycles. The zero-order chi connectivity index (χ0) is 27.1. The Morgan fingerprint density at radius 2 is 1.63 bits per heavy atom. The quantitative estimate of drug-likeness (QED) is 0.237. The Labute approximate surface area is 221 Å². The Hall–Kier alpha value is -3.83. The smallest absolute Gasteiger partial charge is 0.417 e. The number of benzene rings is 2. The van der Waals surface area contributed by atoms with Crippen LogP contribution in [0.2, 0.25) is 5.02 Å². The van der Waals surface area contributed by atoms with Crippen molar-refractivity contribution in [1.29, 1.82) is 0 Å². The molecular weight excluding hydrogens is 523 g/mol. The van der Waals surface area contributed by atoms with Gasteiger partial charge in [0.1, 0.15) is 17.2 Å². The topological polar surface area (TPSA) is 104 Å². The number of nitrogens with one attached hydrogen (secondary N) is 4. The number of alkyl halides is 3. The van der Waals surface area contributed by atoms with Crippen molar-refractivity contribution in [2.75, 3.05) is 17.2 Å². The summed E-state index contributed by atoms with van der Waals surface area (Å²) in [5.41, 5.74) is 5.08. The van der Waals surface area contributed by atoms with Crippen molar-refractivity contribution in [2.24, 2.45) is 5.92 Å². The first-order valence-corrected chi connectivity index (χ1v) is 12.3. The number of nitrogens with zero attached hydrogens (tertiary/aromatic N) is 1. The maximum atomic E-state index is 13.0. The standard InChI is InChI=1S/C26H25ClF3N5O3/c27-22-10-7-18(13-21(22)26(28,29)30)34-25(37)33-17-5-8-19(9-6-17)38-20-11-12-31-23(14-20)24(36)35-32-15-16-3-1-2-4-16/h5-14,16,32H,1-4,15H2,(H,35,36)(H2,33,34,37). The van der Waals surface area contributed by atoms with Gasteiger partial charge in [-0.2, -0.15) is 13.2 Å². The van der Waals surface area contributed by atoms with Gasteiger partial charge >= 0.3 is 12.2 Å². The molecule has 0 unspecified atom stereocenters. The van der Waals surface area contributed by atoms with Crippen LogP contribution in [-0.4, -0.2) is 23.5 Å². The lowest BCUT2D eigenvalue weighted by Crippen LogP contribution is -2.40. The molecule has 3 amide bonds. The largest absolute Gasteiger partial charge is 0.457 e. The summed E-state index contributed by atoms with van der Waals surface area (Å²) in [5, 5.41) is 4.41. The van der Waals surface area contributed by atoms with Crippen LogP contribution >= 0.6 is 11.6 Å². The Bertz CT molecular complexity index is 1280. The van der Waals surface area contributed by atoms with E-state index in [1.165, 1.54) is 31.2 Å². The van der Waals surface area contributed by atoms with Crippen molar-refractivity contribution in [1.82, 2.24) is 15.8 Å². The van der Waals surface area contributed by atoms with Gasteiger partial charge in [0.05, 0.1) is 10.6 Å². The van der Waals surface area contributed by atoms with E-state index in [1.807, 2.05) is 0 Å². The summed E-state index contributed by atoms with van der Waals surface area (Å²) in [6, 6.07) is 11.7. The van der Waals surface area contributed by atoms with Crippen LogP contribution in [0.4, 0.5) is 29.3 Å². The minimum Gasteiger partial charge on any atom is -0.457 e. The second-order valence-electron chi connectivity index (χ2n) is 8.76. The molecule has 0 saturated heterocycles. The van der Waals surface area contributed by atoms with Gasteiger partial charge in [0, 0.05) is 30.2 Å². The third-order valence-corrected chi connectivity index (χ3v) is 6.24. The highest BCUT2D eigenvalue weighted by Gasteiger charge is 2.33. The summed E-state index contributed by atoms with van der Waals surface area (Å²) >= 11 is 5.60. The molecule has 1 aliphatic carbocycles. The molecule has 200 valence electrons. The predicted octanol–water partition coefficient (Wildman–Crippen LogP) is 6.61. The number of pyridine rings is 1. The van der Waals surface area contributed by atoms with Crippen LogP contribution in [-0.2, 0) is 6.18 Å². The molecular formula is C26H25ClF3N5O3. The third kappa shape index (κ3) is 7.59. The normalized spacial score (nSPS) is 13.7. The van der Waals surface area contributed by atoms with E-state index >= 15 is 0 Å². The van der Waals surface area contributed by atoms with E-state index in [-0.39, 0.29) is 17.3 Å². The van der Waals surface area contributed by atoms with Crippen molar-refractivity contribution in [2.45, 2.75) is 31.9 Å². The number of halogens is 4. The van der Waals surface area contributed by atoms with E-state index in [0.29, 0.717) is 29.6 Å². The van der Waals surface area contributed by atoms with Crippen LogP contribution in [0.15, 0.2) is 60.8 Å². The molecule has 1 aliphatic rings. The molecule has 1 fully saturated rings. The summed E-state index contributed by atoms with van der Waals surface area (Å²) < 4.78 is 44.8. The van der Waals surface area contributed by atoms with E-state index in [4.69, 9.17) is 16.3 Å². The van der Waals surface area contributed by atoms with Crippen LogP contribution in [0.5, 0.6) is 11.5 Å². The number of carbonyl (C=O) groups is 2. The van der Waals surface area contributed by atoms with Gasteiger partial charge in [-0.25, -0.2) is 10.2 Å². The second kappa shape index (κ2) is 12.1. The lowest BCUT2D eigenvalue weighted by atomic mass is 10.1. The van der Waals surface area contributed by atoms with E-state index < -0.39 is 22.8 Å². The number of hydrogen-bond donors (Lipinski definition) is 4. The second-order valence-corrected chi connectivity index (χ2v) is 9.17. The summed E-state index contributed by atoms with van der Waals surface area (Å²) in [5.74, 6) is 1.02. The molecule has 4 N–H and O–H groups in total. The number of ether oxygens (including phenoxy) is 1. The Kier molecular flexibility index (Phi) is 8.70. The number of anilines is 2. The molecule has 38 heavy (non-hydrogen) atoms. The number of aromatic nitrogens is 1. The molecule has 4 rings (SSSR count). The minimum absolute atomic E-state index is 0.0644. The number of rotatable bonds is 8. The van der Waals surface area contributed by atoms with Crippen LogP contribution < -0.4 is 26.2 Å². The van der Waals surface area contributed by atoms with Gasteiger partial charge in [0.15, 0.2) is 0 Å². The number of amides is 3. The van der Waals surface area contributed by atoms with Crippen LogP contribution in [0.3, 0.4) is 0 Å². The third-order valence-electron chi connectivity index (χ3n) is 5.91. The molecule has 1 saturated carbocycles. The number of hydrogen-bond acceptors (Lipinski definition) is 5. The van der Waals surface area contributed by atoms with E-state index in [0.717, 1.165) is 25.0 Å². The number of urea groups is 1. The zero-order valence-corrected chi connectivity index (χ0v) is 20.8. The molecule has 0 spiro atoms.